The third-order valence-electron chi connectivity index (χ3n) is 3.11. The molecule has 0 aromatic heterocycles. The number of nitrogens with one attached hydrogen (secondary N) is 1. The summed E-state index contributed by atoms with van der Waals surface area (Å²) < 4.78 is 11.3. The van der Waals surface area contributed by atoms with Gasteiger partial charge in [-0.3, -0.25) is 9.59 Å². The topological polar surface area (TPSA) is 84.9 Å². The molecule has 0 aliphatic heterocycles. The first-order valence-electron chi connectivity index (χ1n) is 8.51. The number of rotatable bonds is 12. The van der Waals surface area contributed by atoms with Crippen molar-refractivity contribution in [2.45, 2.75) is 78.9 Å². The zero-order valence-electron chi connectivity index (χ0n) is 15.6. The number of carbonyl (C=O) groups excluding carboxylic acids is 1. The molecule has 0 saturated heterocycles. The van der Waals surface area contributed by atoms with Gasteiger partial charge in [-0.05, 0) is 33.6 Å². The average molecular weight is 333 g/mol. The summed E-state index contributed by atoms with van der Waals surface area (Å²) in [6.45, 7) is 13.1. The van der Waals surface area contributed by atoms with Crippen molar-refractivity contribution < 1.29 is 24.2 Å². The van der Waals surface area contributed by atoms with E-state index in [0.29, 0.717) is 39.0 Å². The van der Waals surface area contributed by atoms with Gasteiger partial charge in [0.1, 0.15) is 0 Å². The summed E-state index contributed by atoms with van der Waals surface area (Å²) in [5, 5.41) is 11.3. The average Bonchev–Trinajstić information content (AvgIpc) is 2.51. The van der Waals surface area contributed by atoms with Gasteiger partial charge in [-0.1, -0.05) is 20.8 Å². The summed E-state index contributed by atoms with van der Waals surface area (Å²) in [5.74, 6) is -0.782. The molecule has 0 spiro atoms. The van der Waals surface area contributed by atoms with Crippen LogP contribution in [0.4, 0.5) is 0 Å². The maximum absolute atomic E-state index is 11.1. The molecule has 6 nitrogen and oxygen atoms in total. The molecule has 0 rings (SSSR count). The predicted octanol–water partition coefficient (Wildman–Crippen LogP) is 2.99. The number of carbonyl (C=O) groups is 2. The Hall–Kier alpha value is -1.14. The Morgan fingerprint density at radius 3 is 2.35 bits per heavy atom. The second-order valence-electron chi connectivity index (χ2n) is 5.68. The molecule has 6 heteroatoms. The van der Waals surface area contributed by atoms with E-state index in [1.54, 1.807) is 0 Å². The van der Waals surface area contributed by atoms with Gasteiger partial charge in [0.15, 0.2) is 0 Å². The van der Waals surface area contributed by atoms with Gasteiger partial charge in [-0.25, -0.2) is 0 Å². The van der Waals surface area contributed by atoms with Crippen LogP contribution in [0.5, 0.6) is 0 Å². The fourth-order valence-corrected chi connectivity index (χ4v) is 1.63. The third kappa shape index (κ3) is 17.1. The molecular formula is C17H35NO5. The molecule has 138 valence electrons. The molecule has 23 heavy (non-hydrogen) atoms. The van der Waals surface area contributed by atoms with E-state index in [4.69, 9.17) is 14.6 Å². The summed E-state index contributed by atoms with van der Waals surface area (Å²) in [6, 6.07) is 0. The Kier molecular flexibility index (Phi) is 15.2. The molecule has 1 unspecified atom stereocenters. The van der Waals surface area contributed by atoms with E-state index in [1.165, 1.54) is 0 Å². The summed E-state index contributed by atoms with van der Waals surface area (Å²) in [5.41, 5.74) is -0.330. The van der Waals surface area contributed by atoms with Crippen LogP contribution in [-0.4, -0.2) is 48.4 Å². The number of carboxylic acids is 1. The maximum Gasteiger partial charge on any atom is 0.303 e. The first-order valence-corrected chi connectivity index (χ1v) is 8.51. The van der Waals surface area contributed by atoms with Gasteiger partial charge in [0.25, 0.3) is 0 Å². The van der Waals surface area contributed by atoms with Crippen LogP contribution < -0.4 is 5.32 Å². The van der Waals surface area contributed by atoms with Crippen LogP contribution in [0.3, 0.4) is 0 Å². The van der Waals surface area contributed by atoms with Crippen molar-refractivity contribution in [3.05, 3.63) is 0 Å². The Bertz CT molecular complexity index is 318. The third-order valence-corrected chi connectivity index (χ3v) is 3.11. The maximum atomic E-state index is 11.1. The fourth-order valence-electron chi connectivity index (χ4n) is 1.63. The van der Waals surface area contributed by atoms with Gasteiger partial charge >= 0.3 is 5.97 Å². The highest BCUT2D eigenvalue weighted by Crippen LogP contribution is 2.15. The van der Waals surface area contributed by atoms with E-state index in [9.17, 15) is 9.59 Å². The molecule has 0 saturated carbocycles. The van der Waals surface area contributed by atoms with Gasteiger partial charge in [-0.2, -0.15) is 0 Å². The van der Waals surface area contributed by atoms with Gasteiger partial charge in [0.2, 0.25) is 5.91 Å². The SMILES string of the molecule is CC.CCC(=O)NCCOC(C)(C)CCOC(C)CCC(=O)O. The number of carboxylic acid groups (broad SMARTS) is 1. The van der Waals surface area contributed by atoms with Crippen LogP contribution >= 0.6 is 0 Å². The van der Waals surface area contributed by atoms with E-state index in [0.717, 1.165) is 0 Å². The standard InChI is InChI=1S/C15H29NO5.C2H6/c1-5-13(17)16-9-11-21-15(3,4)8-10-20-12(2)6-7-14(18)19;1-2/h12H,5-11H2,1-4H3,(H,16,17)(H,18,19);1-2H3. The zero-order valence-corrected chi connectivity index (χ0v) is 15.6. The molecule has 0 fully saturated rings. The van der Waals surface area contributed by atoms with Crippen molar-refractivity contribution in [1.29, 1.82) is 0 Å². The number of aliphatic carboxylic acids is 1. The van der Waals surface area contributed by atoms with Gasteiger partial charge < -0.3 is 19.9 Å². The Morgan fingerprint density at radius 2 is 1.83 bits per heavy atom. The fraction of sp³-hybridized carbons (Fsp3) is 0.882. The van der Waals surface area contributed by atoms with Crippen molar-refractivity contribution in [3.63, 3.8) is 0 Å². The first kappa shape index (κ1) is 24.1. The van der Waals surface area contributed by atoms with Gasteiger partial charge in [0.05, 0.1) is 18.3 Å². The highest BCUT2D eigenvalue weighted by Gasteiger charge is 2.18. The van der Waals surface area contributed by atoms with Crippen molar-refractivity contribution in [2.24, 2.45) is 0 Å². The minimum Gasteiger partial charge on any atom is -0.481 e. The van der Waals surface area contributed by atoms with Gasteiger partial charge in [0, 0.05) is 26.0 Å². The van der Waals surface area contributed by atoms with E-state index < -0.39 is 5.97 Å². The molecule has 0 aromatic carbocycles. The van der Waals surface area contributed by atoms with Crippen LogP contribution in [-0.2, 0) is 19.1 Å². The van der Waals surface area contributed by atoms with Crippen molar-refractivity contribution in [1.82, 2.24) is 5.32 Å². The van der Waals surface area contributed by atoms with E-state index in [1.807, 2.05) is 41.5 Å². The Labute approximate surface area is 140 Å². The lowest BCUT2D eigenvalue weighted by atomic mass is 10.1. The minimum absolute atomic E-state index is 0.0204. The lowest BCUT2D eigenvalue weighted by molar-refractivity contribution is -0.137. The van der Waals surface area contributed by atoms with Crippen molar-refractivity contribution in [2.75, 3.05) is 19.8 Å². The highest BCUT2D eigenvalue weighted by molar-refractivity contribution is 5.75. The van der Waals surface area contributed by atoms with Crippen LogP contribution in [0.15, 0.2) is 0 Å². The van der Waals surface area contributed by atoms with E-state index in [-0.39, 0.29) is 24.0 Å². The zero-order chi connectivity index (χ0) is 18.3. The van der Waals surface area contributed by atoms with Crippen LogP contribution in [0.1, 0.15) is 67.2 Å². The second kappa shape index (κ2) is 14.5. The van der Waals surface area contributed by atoms with Crippen LogP contribution in [0.2, 0.25) is 0 Å². The molecule has 1 atom stereocenters. The lowest BCUT2D eigenvalue weighted by Gasteiger charge is -2.26. The molecule has 2 N–H and O–H groups in total. The number of hydrogen-bond donors (Lipinski definition) is 2. The quantitative estimate of drug-likeness (QED) is 0.536. The van der Waals surface area contributed by atoms with E-state index >= 15 is 0 Å². The highest BCUT2D eigenvalue weighted by atomic mass is 16.5. The first-order chi connectivity index (χ1) is 10.8. The van der Waals surface area contributed by atoms with Crippen LogP contribution in [0.25, 0.3) is 0 Å². The summed E-state index contributed by atoms with van der Waals surface area (Å²) in [4.78, 5) is 21.5. The molecule has 0 aromatic rings. The molecule has 1 amide bonds. The van der Waals surface area contributed by atoms with E-state index in [2.05, 4.69) is 5.32 Å². The summed E-state index contributed by atoms with van der Waals surface area (Å²) in [7, 11) is 0. The minimum atomic E-state index is -0.803. The number of hydrogen-bond acceptors (Lipinski definition) is 4. The molecule has 0 heterocycles. The Morgan fingerprint density at radius 1 is 1.22 bits per heavy atom. The monoisotopic (exact) mass is 333 g/mol. The lowest BCUT2D eigenvalue weighted by Crippen LogP contribution is -2.33. The Balaban J connectivity index is 0. The normalized spacial score (nSPS) is 12.1. The summed E-state index contributed by atoms with van der Waals surface area (Å²) in [6.07, 6.45) is 1.76. The van der Waals surface area contributed by atoms with Crippen LogP contribution in [0, 0.1) is 0 Å². The molecule has 0 aliphatic carbocycles. The molecule has 0 bridgehead atoms. The number of ether oxygens (including phenoxy) is 2. The second-order valence-corrected chi connectivity index (χ2v) is 5.68. The molecular weight excluding hydrogens is 298 g/mol. The van der Waals surface area contributed by atoms with Crippen molar-refractivity contribution >= 4 is 11.9 Å². The molecule has 0 radical (unpaired) electrons. The van der Waals surface area contributed by atoms with Gasteiger partial charge in [-0.15, -0.1) is 0 Å². The number of amides is 1. The smallest absolute Gasteiger partial charge is 0.303 e. The summed E-state index contributed by atoms with van der Waals surface area (Å²) >= 11 is 0. The van der Waals surface area contributed by atoms with Crippen molar-refractivity contribution in [3.8, 4) is 0 Å². The largest absolute Gasteiger partial charge is 0.481 e. The predicted molar refractivity (Wildman–Crippen MR) is 91.6 cm³/mol. The molecule has 0 aliphatic rings.